The van der Waals surface area contributed by atoms with E-state index >= 15 is 0 Å². The summed E-state index contributed by atoms with van der Waals surface area (Å²) in [4.78, 5) is -0.168. The van der Waals surface area contributed by atoms with Gasteiger partial charge >= 0.3 is 0 Å². The first kappa shape index (κ1) is 21.9. The molecule has 0 radical (unpaired) electrons. The van der Waals surface area contributed by atoms with Crippen LogP contribution in [0.25, 0.3) is 0 Å². The Labute approximate surface area is 171 Å². The summed E-state index contributed by atoms with van der Waals surface area (Å²) in [7, 11) is -8.07. The summed E-state index contributed by atoms with van der Waals surface area (Å²) in [5.74, 6) is -0.796. The highest BCUT2D eigenvalue weighted by molar-refractivity contribution is 7.91. The molecule has 0 amide bonds. The molecular weight excluding hydrogens is 416 g/mol. The van der Waals surface area contributed by atoms with E-state index in [1.165, 1.54) is 18.2 Å². The van der Waals surface area contributed by atoms with Crippen molar-refractivity contribution in [3.63, 3.8) is 0 Å². The van der Waals surface area contributed by atoms with E-state index in [1.807, 2.05) is 0 Å². The number of hydrogen-bond acceptors (Lipinski definition) is 7. The Morgan fingerprint density at radius 3 is 2.28 bits per heavy atom. The molecule has 2 aromatic rings. The van der Waals surface area contributed by atoms with Gasteiger partial charge in [0, 0.05) is 0 Å². The molecule has 0 spiro atoms. The number of rotatable bonds is 6. The molecule has 9 heteroatoms. The van der Waals surface area contributed by atoms with Gasteiger partial charge < -0.3 is 9.47 Å². The molecule has 1 aliphatic rings. The van der Waals surface area contributed by atoms with Crippen molar-refractivity contribution in [3.05, 3.63) is 53.6 Å². The predicted octanol–water partition coefficient (Wildman–Crippen LogP) is 2.99. The van der Waals surface area contributed by atoms with Gasteiger partial charge in [0.2, 0.25) is 9.84 Å². The third kappa shape index (κ3) is 4.70. The Hall–Kier alpha value is -1.78. The van der Waals surface area contributed by atoms with Crippen molar-refractivity contribution in [2.24, 2.45) is 0 Å². The summed E-state index contributed by atoms with van der Waals surface area (Å²) in [5, 5.41) is 0. The number of ether oxygens (including phenoxy) is 2. The molecular formula is C20H24O7S2. The van der Waals surface area contributed by atoms with Gasteiger partial charge in [-0.2, -0.15) is 8.42 Å². The van der Waals surface area contributed by atoms with Gasteiger partial charge in [-0.15, -0.1) is 0 Å². The number of sulfone groups is 1. The van der Waals surface area contributed by atoms with Crippen LogP contribution in [0.4, 0.5) is 0 Å². The molecule has 0 bridgehead atoms. The number of benzene rings is 2. The van der Waals surface area contributed by atoms with Gasteiger partial charge in [-0.25, -0.2) is 8.42 Å². The molecule has 0 N–H and O–H groups in total. The highest BCUT2D eigenvalue weighted by atomic mass is 32.2. The quantitative estimate of drug-likeness (QED) is 0.637. The first-order chi connectivity index (χ1) is 13.4. The van der Waals surface area contributed by atoms with Crippen LogP contribution in [-0.4, -0.2) is 41.9 Å². The molecule has 3 rings (SSSR count). The molecule has 0 saturated carbocycles. The van der Waals surface area contributed by atoms with Crippen molar-refractivity contribution >= 4 is 20.0 Å². The van der Waals surface area contributed by atoms with Crippen LogP contribution < -0.4 is 0 Å². The molecule has 0 aromatic heterocycles. The van der Waals surface area contributed by atoms with Crippen molar-refractivity contribution in [1.82, 2.24) is 0 Å². The largest absolute Gasteiger partial charge is 0.348 e. The first-order valence-corrected chi connectivity index (χ1v) is 11.9. The maximum atomic E-state index is 13.0. The standard InChI is InChI=1S/C20H24O7S2/c1-14-7-5-6-8-18(14)28(21,22)17-10-9-15(2)19(11-17)29(23,24)26-13-16-12-25-20(3,4)27-16/h5-11,16H,12-13H2,1-4H3. The van der Waals surface area contributed by atoms with Gasteiger partial charge in [-0.3, -0.25) is 4.18 Å². The molecule has 7 nitrogen and oxygen atoms in total. The molecule has 29 heavy (non-hydrogen) atoms. The molecule has 1 saturated heterocycles. The minimum Gasteiger partial charge on any atom is -0.348 e. The minimum atomic E-state index is -4.19. The molecule has 1 atom stereocenters. The van der Waals surface area contributed by atoms with E-state index in [1.54, 1.807) is 45.9 Å². The lowest BCUT2D eigenvalue weighted by Gasteiger charge is -2.17. The zero-order chi connectivity index (χ0) is 21.4. The van der Waals surface area contributed by atoms with E-state index in [-0.39, 0.29) is 27.9 Å². The predicted molar refractivity (Wildman–Crippen MR) is 106 cm³/mol. The fourth-order valence-electron chi connectivity index (χ4n) is 3.08. The molecule has 0 aliphatic carbocycles. The van der Waals surface area contributed by atoms with Crippen LogP contribution in [0.5, 0.6) is 0 Å². The van der Waals surface area contributed by atoms with Gasteiger partial charge in [0.1, 0.15) is 6.10 Å². The summed E-state index contributed by atoms with van der Waals surface area (Å²) in [5.41, 5.74) is 0.965. The van der Waals surface area contributed by atoms with Gasteiger partial charge in [0.15, 0.2) is 5.79 Å². The van der Waals surface area contributed by atoms with Gasteiger partial charge in [-0.1, -0.05) is 24.3 Å². The van der Waals surface area contributed by atoms with Gasteiger partial charge in [-0.05, 0) is 57.0 Å². The third-order valence-electron chi connectivity index (χ3n) is 4.60. The average Bonchev–Trinajstić information content (AvgIpc) is 2.99. The maximum Gasteiger partial charge on any atom is 0.297 e. The second-order valence-corrected chi connectivity index (χ2v) is 10.9. The fraction of sp³-hybridized carbons (Fsp3) is 0.400. The zero-order valence-electron chi connectivity index (χ0n) is 16.7. The molecule has 1 aliphatic heterocycles. The van der Waals surface area contributed by atoms with E-state index in [2.05, 4.69) is 0 Å². The maximum absolute atomic E-state index is 13.0. The SMILES string of the molecule is Cc1ccc(S(=O)(=O)c2ccccc2C)cc1S(=O)(=O)OCC1COC(C)(C)O1. The van der Waals surface area contributed by atoms with E-state index in [9.17, 15) is 16.8 Å². The number of hydrogen-bond donors (Lipinski definition) is 0. The lowest BCUT2D eigenvalue weighted by Crippen LogP contribution is -2.25. The van der Waals surface area contributed by atoms with Crippen LogP contribution >= 0.6 is 0 Å². The summed E-state index contributed by atoms with van der Waals surface area (Å²) in [6.45, 7) is 6.71. The summed E-state index contributed by atoms with van der Waals surface area (Å²) >= 11 is 0. The van der Waals surface area contributed by atoms with Crippen molar-refractivity contribution in [2.45, 2.75) is 54.3 Å². The van der Waals surface area contributed by atoms with Crippen LogP contribution in [0.15, 0.2) is 57.2 Å². The second kappa shape index (κ2) is 7.81. The molecule has 158 valence electrons. The Bertz CT molecular complexity index is 1120. The molecule has 2 aromatic carbocycles. The van der Waals surface area contributed by atoms with Crippen LogP contribution in [-0.2, 0) is 33.6 Å². The summed E-state index contributed by atoms with van der Waals surface area (Å²) < 4.78 is 67.6. The Morgan fingerprint density at radius 2 is 1.66 bits per heavy atom. The minimum absolute atomic E-state index is 0.110. The average molecular weight is 441 g/mol. The zero-order valence-corrected chi connectivity index (χ0v) is 18.3. The lowest BCUT2D eigenvalue weighted by molar-refractivity contribution is -0.141. The second-order valence-electron chi connectivity index (χ2n) is 7.39. The van der Waals surface area contributed by atoms with Gasteiger partial charge in [0.25, 0.3) is 10.1 Å². The summed E-state index contributed by atoms with van der Waals surface area (Å²) in [6.07, 6.45) is -0.529. The van der Waals surface area contributed by atoms with Crippen LogP contribution in [0.1, 0.15) is 25.0 Å². The highest BCUT2D eigenvalue weighted by Crippen LogP contribution is 2.29. The van der Waals surface area contributed by atoms with Crippen LogP contribution in [0.3, 0.4) is 0 Å². The van der Waals surface area contributed by atoms with E-state index in [4.69, 9.17) is 13.7 Å². The smallest absolute Gasteiger partial charge is 0.297 e. The van der Waals surface area contributed by atoms with Crippen molar-refractivity contribution in [3.8, 4) is 0 Å². The van der Waals surface area contributed by atoms with Crippen molar-refractivity contribution in [1.29, 1.82) is 0 Å². The molecule has 1 fully saturated rings. The van der Waals surface area contributed by atoms with Crippen LogP contribution in [0.2, 0.25) is 0 Å². The number of aryl methyl sites for hydroxylation is 2. The lowest BCUT2D eigenvalue weighted by atomic mass is 10.2. The monoisotopic (exact) mass is 440 g/mol. The van der Waals surface area contributed by atoms with E-state index < -0.39 is 31.8 Å². The van der Waals surface area contributed by atoms with E-state index in [0.717, 1.165) is 6.07 Å². The Kier molecular flexibility index (Phi) is 5.90. The van der Waals surface area contributed by atoms with Gasteiger partial charge in [0.05, 0.1) is 27.9 Å². The molecule has 1 unspecified atom stereocenters. The Balaban J connectivity index is 1.90. The normalized spacial score (nSPS) is 19.4. The summed E-state index contributed by atoms with van der Waals surface area (Å²) in [6, 6.07) is 10.5. The van der Waals surface area contributed by atoms with Crippen molar-refractivity contribution < 1.29 is 30.5 Å². The fourth-order valence-corrected chi connectivity index (χ4v) is 5.87. The van der Waals surface area contributed by atoms with Crippen molar-refractivity contribution in [2.75, 3.05) is 13.2 Å². The molecule has 1 heterocycles. The Morgan fingerprint density at radius 1 is 1.00 bits per heavy atom. The van der Waals surface area contributed by atoms with E-state index in [0.29, 0.717) is 11.1 Å². The highest BCUT2D eigenvalue weighted by Gasteiger charge is 2.34. The third-order valence-corrected chi connectivity index (χ3v) is 7.94. The van der Waals surface area contributed by atoms with Crippen LogP contribution in [0, 0.1) is 13.8 Å². The first-order valence-electron chi connectivity index (χ1n) is 9.05. The topological polar surface area (TPSA) is 96.0 Å².